The summed E-state index contributed by atoms with van der Waals surface area (Å²) < 4.78 is 1.32. The fourth-order valence-corrected chi connectivity index (χ4v) is 4.18. The van der Waals surface area contributed by atoms with E-state index in [0.717, 1.165) is 0 Å². The van der Waals surface area contributed by atoms with Crippen LogP contribution in [-0.4, -0.2) is 80.8 Å². The molecule has 1 N–H and O–H groups in total. The van der Waals surface area contributed by atoms with Crippen molar-refractivity contribution in [2.75, 3.05) is 39.3 Å². The second-order valence-corrected chi connectivity index (χ2v) is 8.95. The van der Waals surface area contributed by atoms with Crippen molar-refractivity contribution in [3.63, 3.8) is 0 Å². The van der Waals surface area contributed by atoms with Gasteiger partial charge in [0.1, 0.15) is 0 Å². The number of aryl methyl sites for hydroxylation is 1. The number of piperazine rings is 1. The summed E-state index contributed by atoms with van der Waals surface area (Å²) in [6.45, 7) is 5.38. The van der Waals surface area contributed by atoms with Crippen molar-refractivity contribution >= 4 is 29.6 Å². The molecule has 0 radical (unpaired) electrons. The lowest BCUT2D eigenvalue weighted by Crippen LogP contribution is -2.48. The highest BCUT2D eigenvalue weighted by Gasteiger charge is 2.19. The van der Waals surface area contributed by atoms with Gasteiger partial charge in [-0.05, 0) is 30.7 Å². The molecule has 1 aromatic heterocycles. The van der Waals surface area contributed by atoms with Crippen LogP contribution in [0.4, 0.5) is 11.4 Å². The Bertz CT molecular complexity index is 1480. The molecule has 0 unspecified atom stereocenters. The van der Waals surface area contributed by atoms with Crippen LogP contribution >= 0.6 is 0 Å². The van der Waals surface area contributed by atoms with Crippen molar-refractivity contribution in [1.29, 1.82) is 0 Å². The molecule has 202 valence electrons. The zero-order chi connectivity index (χ0) is 27.9. The first-order chi connectivity index (χ1) is 18.7. The maximum atomic E-state index is 12.8. The quantitative estimate of drug-likeness (QED) is 0.191. The van der Waals surface area contributed by atoms with E-state index in [0.29, 0.717) is 61.8 Å². The van der Waals surface area contributed by atoms with Crippen LogP contribution in [0.2, 0.25) is 0 Å². The van der Waals surface area contributed by atoms with Crippen LogP contribution < -0.4 is 5.56 Å². The molecule has 1 aliphatic rings. The summed E-state index contributed by atoms with van der Waals surface area (Å²) in [4.78, 5) is 54.5. The smallest absolute Gasteiger partial charge is 0.280 e. The van der Waals surface area contributed by atoms with E-state index in [1.165, 1.54) is 53.4 Å². The predicted octanol–water partition coefficient (Wildman–Crippen LogP) is 2.57. The number of benzene rings is 2. The molecule has 1 aliphatic heterocycles. The molecule has 39 heavy (non-hydrogen) atoms. The summed E-state index contributed by atoms with van der Waals surface area (Å²) >= 11 is 0. The molecule has 3 aromatic rings. The van der Waals surface area contributed by atoms with E-state index in [-0.39, 0.29) is 22.8 Å². The van der Waals surface area contributed by atoms with Gasteiger partial charge in [0.05, 0.1) is 27.6 Å². The number of rotatable bonds is 9. The first-order valence-corrected chi connectivity index (χ1v) is 12.2. The van der Waals surface area contributed by atoms with Gasteiger partial charge in [-0.15, -0.1) is 0 Å². The second-order valence-electron chi connectivity index (χ2n) is 8.95. The third-order valence-electron chi connectivity index (χ3n) is 6.38. The van der Waals surface area contributed by atoms with Gasteiger partial charge in [-0.2, -0.15) is 0 Å². The number of H-pyrrole nitrogens is 1. The van der Waals surface area contributed by atoms with Crippen molar-refractivity contribution in [3.8, 4) is 5.69 Å². The highest BCUT2D eigenvalue weighted by Crippen LogP contribution is 2.15. The summed E-state index contributed by atoms with van der Waals surface area (Å²) in [5.74, 6) is -0.147. The Hall–Kier alpha value is -4.91. The molecule has 13 heteroatoms. The maximum Gasteiger partial charge on any atom is 0.280 e. The number of carbonyl (C=O) groups is 1. The number of carbonyl (C=O) groups excluding carboxylic acids is 1. The summed E-state index contributed by atoms with van der Waals surface area (Å²) in [5, 5.41) is 24.7. The number of amides is 1. The number of aromatic nitrogens is 2. The van der Waals surface area contributed by atoms with Crippen LogP contribution in [0.3, 0.4) is 0 Å². The van der Waals surface area contributed by atoms with Crippen LogP contribution in [0, 0.1) is 27.2 Å². The standard InChI is InChI=1S/C26H27N7O6/c1-19-24(26(35)31(28-19)21-6-8-22(9-7-21)32(36)37)18-27-11-12-29-13-15-30(16-14-29)25(34)10-5-20-3-2-4-23(17-20)33(38)39/h2-10,17-18,28H,11-16H2,1H3/b10-5-,27-18?. The van der Waals surface area contributed by atoms with Gasteiger partial charge in [-0.25, -0.2) is 4.68 Å². The van der Waals surface area contributed by atoms with Crippen molar-refractivity contribution < 1.29 is 14.6 Å². The molecule has 0 atom stereocenters. The van der Waals surface area contributed by atoms with Gasteiger partial charge in [0.2, 0.25) is 5.91 Å². The van der Waals surface area contributed by atoms with Crippen molar-refractivity contribution in [3.05, 3.63) is 102 Å². The van der Waals surface area contributed by atoms with E-state index in [9.17, 15) is 29.8 Å². The van der Waals surface area contributed by atoms with Crippen LogP contribution in [0.25, 0.3) is 11.8 Å². The van der Waals surface area contributed by atoms with E-state index < -0.39 is 9.85 Å². The Morgan fingerprint density at radius 1 is 1.03 bits per heavy atom. The molecule has 1 amide bonds. The molecule has 1 fully saturated rings. The Morgan fingerprint density at radius 3 is 2.38 bits per heavy atom. The number of nitrogens with one attached hydrogen (secondary N) is 1. The number of nitro groups is 2. The zero-order valence-electron chi connectivity index (χ0n) is 21.2. The third kappa shape index (κ3) is 6.70. The van der Waals surface area contributed by atoms with Crippen molar-refractivity contribution in [2.24, 2.45) is 4.99 Å². The Kier molecular flexibility index (Phi) is 8.41. The van der Waals surface area contributed by atoms with E-state index in [4.69, 9.17) is 0 Å². The van der Waals surface area contributed by atoms with Gasteiger partial charge in [0.25, 0.3) is 16.9 Å². The highest BCUT2D eigenvalue weighted by molar-refractivity contribution is 5.92. The molecule has 2 aromatic carbocycles. The van der Waals surface area contributed by atoms with Gasteiger partial charge in [-0.3, -0.25) is 44.8 Å². The molecule has 2 heterocycles. The number of aromatic amines is 1. The molecule has 0 bridgehead atoms. The molecule has 0 aliphatic carbocycles. The van der Waals surface area contributed by atoms with Gasteiger partial charge in [0, 0.05) is 75.0 Å². The number of non-ortho nitro benzene ring substituents is 2. The Balaban J connectivity index is 1.26. The monoisotopic (exact) mass is 533 g/mol. The van der Waals surface area contributed by atoms with Gasteiger partial charge < -0.3 is 4.90 Å². The lowest BCUT2D eigenvalue weighted by atomic mass is 10.2. The largest absolute Gasteiger partial charge is 0.337 e. The fourth-order valence-electron chi connectivity index (χ4n) is 4.18. The van der Waals surface area contributed by atoms with Gasteiger partial charge >= 0.3 is 0 Å². The predicted molar refractivity (Wildman–Crippen MR) is 145 cm³/mol. The normalized spacial score (nSPS) is 14.3. The summed E-state index contributed by atoms with van der Waals surface area (Å²) in [6, 6.07) is 11.8. The second kappa shape index (κ2) is 12.1. The van der Waals surface area contributed by atoms with Gasteiger partial charge in [0.15, 0.2) is 0 Å². The summed E-state index contributed by atoms with van der Waals surface area (Å²) in [6.07, 6.45) is 4.55. The molecule has 4 rings (SSSR count). The molecule has 1 saturated heterocycles. The van der Waals surface area contributed by atoms with Crippen molar-refractivity contribution in [1.82, 2.24) is 19.6 Å². The van der Waals surface area contributed by atoms with E-state index in [2.05, 4.69) is 15.0 Å². The van der Waals surface area contributed by atoms with E-state index in [1.54, 1.807) is 30.0 Å². The Morgan fingerprint density at radius 2 is 1.72 bits per heavy atom. The maximum absolute atomic E-state index is 12.8. The highest BCUT2D eigenvalue weighted by atomic mass is 16.6. The zero-order valence-corrected chi connectivity index (χ0v) is 21.2. The minimum absolute atomic E-state index is 0.0253. The van der Waals surface area contributed by atoms with Crippen LogP contribution in [0.5, 0.6) is 0 Å². The molecule has 0 saturated carbocycles. The number of nitrogens with zero attached hydrogens (tertiary/aromatic N) is 6. The van der Waals surface area contributed by atoms with Crippen LogP contribution in [0.1, 0.15) is 16.8 Å². The number of aliphatic imine (C=N–C) groups is 1. The third-order valence-corrected chi connectivity index (χ3v) is 6.38. The first kappa shape index (κ1) is 27.1. The number of nitro benzene ring substituents is 2. The SMILES string of the molecule is Cc1[nH]n(-c2ccc([N+](=O)[O-])cc2)c(=O)c1C=NCCN1CCN(C(=O)/C=C\c2cccc([N+](=O)[O-])c2)CC1. The molecule has 0 spiro atoms. The first-order valence-electron chi connectivity index (χ1n) is 12.2. The molecule has 13 nitrogen and oxygen atoms in total. The van der Waals surface area contributed by atoms with E-state index in [1.807, 2.05) is 0 Å². The summed E-state index contributed by atoms with van der Waals surface area (Å²) in [7, 11) is 0. The van der Waals surface area contributed by atoms with Crippen LogP contribution in [0.15, 0.2) is 64.4 Å². The minimum atomic E-state index is -0.497. The van der Waals surface area contributed by atoms with E-state index >= 15 is 0 Å². The minimum Gasteiger partial charge on any atom is -0.337 e. The molecular formula is C26H27N7O6. The lowest BCUT2D eigenvalue weighted by molar-refractivity contribution is -0.385. The summed E-state index contributed by atoms with van der Waals surface area (Å²) in [5.41, 5.74) is 1.75. The Labute approximate surface area is 223 Å². The average Bonchev–Trinajstić information content (AvgIpc) is 3.23. The van der Waals surface area contributed by atoms with Crippen molar-refractivity contribution in [2.45, 2.75) is 6.92 Å². The fraction of sp³-hybridized carbons (Fsp3) is 0.269. The topological polar surface area (TPSA) is 160 Å². The average molecular weight is 534 g/mol. The van der Waals surface area contributed by atoms with Gasteiger partial charge in [-0.1, -0.05) is 12.1 Å². The molecular weight excluding hydrogens is 506 g/mol. The lowest BCUT2D eigenvalue weighted by Gasteiger charge is -2.33. The number of hydrogen-bond acceptors (Lipinski definition) is 8. The number of hydrogen-bond donors (Lipinski definition) is 1. The van der Waals surface area contributed by atoms with Crippen LogP contribution in [-0.2, 0) is 4.79 Å².